The number of likely N-dealkylation sites (tertiary alicyclic amines) is 1. The molecular formula is C16H21ClN2O5S. The van der Waals surface area contributed by atoms with Gasteiger partial charge in [-0.2, -0.15) is 0 Å². The minimum atomic E-state index is -3.72. The summed E-state index contributed by atoms with van der Waals surface area (Å²) in [4.78, 5) is 26.0. The van der Waals surface area contributed by atoms with Crippen LogP contribution >= 0.6 is 11.6 Å². The van der Waals surface area contributed by atoms with E-state index in [4.69, 9.17) is 16.3 Å². The Labute approximate surface area is 152 Å². The number of nitrogens with one attached hydrogen (secondary N) is 1. The molecule has 0 spiro atoms. The zero-order chi connectivity index (χ0) is 18.6. The summed E-state index contributed by atoms with van der Waals surface area (Å²) in [5.74, 6) is -1.10. The summed E-state index contributed by atoms with van der Waals surface area (Å²) in [5.41, 5.74) is -0.0996. The highest BCUT2D eigenvalue weighted by atomic mass is 35.5. The Kier molecular flexibility index (Phi) is 6.42. The highest BCUT2D eigenvalue weighted by molar-refractivity contribution is 7.89. The van der Waals surface area contributed by atoms with Gasteiger partial charge in [-0.1, -0.05) is 11.6 Å². The molecule has 138 valence electrons. The van der Waals surface area contributed by atoms with Crippen LogP contribution in [0.5, 0.6) is 0 Å². The number of benzene rings is 1. The van der Waals surface area contributed by atoms with Crippen molar-refractivity contribution in [2.24, 2.45) is 0 Å². The van der Waals surface area contributed by atoms with Gasteiger partial charge >= 0.3 is 5.97 Å². The predicted molar refractivity (Wildman–Crippen MR) is 93.0 cm³/mol. The maximum absolute atomic E-state index is 12.2. The van der Waals surface area contributed by atoms with Crippen molar-refractivity contribution in [1.29, 1.82) is 0 Å². The Morgan fingerprint density at radius 3 is 2.72 bits per heavy atom. The highest BCUT2D eigenvalue weighted by Gasteiger charge is 2.25. The van der Waals surface area contributed by atoms with E-state index in [2.05, 4.69) is 4.72 Å². The lowest BCUT2D eigenvalue weighted by molar-refractivity contribution is -0.137. The molecule has 1 fully saturated rings. The predicted octanol–water partition coefficient (Wildman–Crippen LogP) is 1.81. The van der Waals surface area contributed by atoms with E-state index in [9.17, 15) is 18.0 Å². The molecule has 1 aromatic carbocycles. The number of hydrogen-bond donors (Lipinski definition) is 1. The topological polar surface area (TPSA) is 92.8 Å². The van der Waals surface area contributed by atoms with Crippen molar-refractivity contribution in [3.8, 4) is 0 Å². The molecule has 1 saturated heterocycles. The molecule has 1 N–H and O–H groups in total. The zero-order valence-electron chi connectivity index (χ0n) is 14.1. The van der Waals surface area contributed by atoms with E-state index >= 15 is 0 Å². The van der Waals surface area contributed by atoms with Gasteiger partial charge in [0, 0.05) is 12.6 Å². The summed E-state index contributed by atoms with van der Waals surface area (Å²) in [6.07, 6.45) is 2.93. The van der Waals surface area contributed by atoms with E-state index in [1.807, 2.05) is 6.92 Å². The van der Waals surface area contributed by atoms with Gasteiger partial charge < -0.3 is 9.64 Å². The molecule has 0 saturated carbocycles. The quantitative estimate of drug-likeness (QED) is 0.776. The normalized spacial score (nSPS) is 18.0. The van der Waals surface area contributed by atoms with Crippen LogP contribution in [0.4, 0.5) is 0 Å². The molecule has 0 aliphatic carbocycles. The van der Waals surface area contributed by atoms with Gasteiger partial charge in [-0.05, 0) is 51.4 Å². The molecule has 25 heavy (non-hydrogen) atoms. The molecule has 0 bridgehead atoms. The van der Waals surface area contributed by atoms with Crippen LogP contribution in [0.1, 0.15) is 36.5 Å². The fourth-order valence-electron chi connectivity index (χ4n) is 2.70. The molecular weight excluding hydrogens is 368 g/mol. The van der Waals surface area contributed by atoms with Crippen molar-refractivity contribution in [2.45, 2.75) is 37.1 Å². The Hall–Kier alpha value is -1.64. The largest absolute Gasteiger partial charge is 0.452 e. The molecule has 1 atom stereocenters. The fraction of sp³-hybridized carbons (Fsp3) is 0.500. The number of ether oxygens (including phenoxy) is 1. The second-order valence-electron chi connectivity index (χ2n) is 5.86. The molecule has 0 unspecified atom stereocenters. The van der Waals surface area contributed by atoms with Crippen LogP contribution in [0.3, 0.4) is 0 Å². The van der Waals surface area contributed by atoms with E-state index in [1.165, 1.54) is 19.2 Å². The van der Waals surface area contributed by atoms with E-state index in [-0.39, 0.29) is 27.4 Å². The van der Waals surface area contributed by atoms with Crippen molar-refractivity contribution in [1.82, 2.24) is 9.62 Å². The number of esters is 1. The number of sulfonamides is 1. The average molecular weight is 389 g/mol. The third-order valence-electron chi connectivity index (χ3n) is 4.19. The van der Waals surface area contributed by atoms with Crippen LogP contribution < -0.4 is 4.72 Å². The summed E-state index contributed by atoms with van der Waals surface area (Å²) >= 11 is 5.96. The summed E-state index contributed by atoms with van der Waals surface area (Å²) in [5, 5.41) is 0.0545. The van der Waals surface area contributed by atoms with Crippen LogP contribution in [0.25, 0.3) is 0 Å². The van der Waals surface area contributed by atoms with Crippen molar-refractivity contribution >= 4 is 33.5 Å². The highest BCUT2D eigenvalue weighted by Crippen LogP contribution is 2.22. The minimum absolute atomic E-state index is 0.0545. The molecule has 0 aromatic heterocycles. The van der Waals surface area contributed by atoms with Crippen molar-refractivity contribution in [3.63, 3.8) is 0 Å². The van der Waals surface area contributed by atoms with Crippen molar-refractivity contribution in [3.05, 3.63) is 28.8 Å². The number of rotatable bonds is 5. The maximum Gasteiger partial charge on any atom is 0.340 e. The summed E-state index contributed by atoms with van der Waals surface area (Å²) < 4.78 is 30.9. The second-order valence-corrected chi connectivity index (χ2v) is 8.15. The van der Waals surface area contributed by atoms with Gasteiger partial charge in [0.25, 0.3) is 5.91 Å². The summed E-state index contributed by atoms with van der Waals surface area (Å²) in [6.45, 7) is 2.21. The lowest BCUT2D eigenvalue weighted by Gasteiger charge is -2.33. The molecule has 2 rings (SSSR count). The van der Waals surface area contributed by atoms with Gasteiger partial charge in [0.2, 0.25) is 10.0 Å². The molecule has 1 aromatic rings. The third-order valence-corrected chi connectivity index (χ3v) is 5.93. The number of halogens is 1. The molecule has 7 nitrogen and oxygen atoms in total. The van der Waals surface area contributed by atoms with Gasteiger partial charge in [0.1, 0.15) is 0 Å². The number of piperidine rings is 1. The van der Waals surface area contributed by atoms with Crippen LogP contribution in [-0.4, -0.2) is 51.4 Å². The first-order valence-corrected chi connectivity index (χ1v) is 9.82. The molecule has 9 heteroatoms. The lowest BCUT2D eigenvalue weighted by Crippen LogP contribution is -2.44. The van der Waals surface area contributed by atoms with Crippen molar-refractivity contribution in [2.75, 3.05) is 20.2 Å². The Balaban J connectivity index is 2.08. The molecule has 0 radical (unpaired) electrons. The van der Waals surface area contributed by atoms with E-state index < -0.39 is 22.6 Å². The number of nitrogens with zero attached hydrogens (tertiary/aromatic N) is 1. The van der Waals surface area contributed by atoms with Gasteiger partial charge in [0.15, 0.2) is 6.61 Å². The average Bonchev–Trinajstić information content (AvgIpc) is 2.60. The third kappa shape index (κ3) is 4.71. The lowest BCUT2D eigenvalue weighted by atomic mass is 10.0. The van der Waals surface area contributed by atoms with E-state index in [0.717, 1.165) is 25.3 Å². The molecule has 1 aliphatic rings. The Morgan fingerprint density at radius 1 is 1.36 bits per heavy atom. The number of amides is 1. The van der Waals surface area contributed by atoms with Gasteiger partial charge in [-0.25, -0.2) is 17.9 Å². The van der Waals surface area contributed by atoms with Gasteiger partial charge in [-0.3, -0.25) is 4.79 Å². The smallest absolute Gasteiger partial charge is 0.340 e. The fourth-order valence-corrected chi connectivity index (χ4v) is 3.65. The maximum atomic E-state index is 12.2. The van der Waals surface area contributed by atoms with Crippen molar-refractivity contribution < 1.29 is 22.7 Å². The van der Waals surface area contributed by atoms with E-state index in [1.54, 1.807) is 4.90 Å². The molecule has 1 aliphatic heterocycles. The van der Waals surface area contributed by atoms with Gasteiger partial charge in [0.05, 0.1) is 15.5 Å². The number of carbonyl (C=O) groups excluding carboxylic acids is 2. The van der Waals surface area contributed by atoms with Crippen LogP contribution in [0, 0.1) is 0 Å². The first kappa shape index (κ1) is 19.7. The van der Waals surface area contributed by atoms with Crippen LogP contribution in [-0.2, 0) is 19.6 Å². The van der Waals surface area contributed by atoms with Gasteiger partial charge in [-0.15, -0.1) is 0 Å². The zero-order valence-corrected chi connectivity index (χ0v) is 15.7. The van der Waals surface area contributed by atoms with Crippen LogP contribution in [0.15, 0.2) is 23.1 Å². The van der Waals surface area contributed by atoms with Crippen LogP contribution in [0.2, 0.25) is 5.02 Å². The standard InChI is InChI=1S/C16H21ClN2O5S/c1-11-5-3-4-8-19(11)15(20)10-24-16(21)13-9-12(6-7-14(13)17)25(22,23)18-2/h6-7,9,11,18H,3-5,8,10H2,1-2H3/t11-/m0/s1. The Bertz CT molecular complexity index is 766. The Morgan fingerprint density at radius 2 is 2.08 bits per heavy atom. The monoisotopic (exact) mass is 388 g/mol. The molecule has 1 amide bonds. The first-order valence-electron chi connectivity index (χ1n) is 7.96. The SMILES string of the molecule is CNS(=O)(=O)c1ccc(Cl)c(C(=O)OCC(=O)N2CCCC[C@@H]2C)c1. The molecule has 1 heterocycles. The summed E-state index contributed by atoms with van der Waals surface area (Å²) in [6, 6.07) is 3.83. The summed E-state index contributed by atoms with van der Waals surface area (Å²) in [7, 11) is -2.45. The number of hydrogen-bond acceptors (Lipinski definition) is 5. The first-order chi connectivity index (χ1) is 11.8. The van der Waals surface area contributed by atoms with E-state index in [0.29, 0.717) is 6.54 Å². The minimum Gasteiger partial charge on any atom is -0.452 e. The number of carbonyl (C=O) groups is 2. The second kappa shape index (κ2) is 8.16.